The molecule has 0 N–H and O–H groups in total. The van der Waals surface area contributed by atoms with Crippen molar-refractivity contribution in [2.24, 2.45) is 5.92 Å². The van der Waals surface area contributed by atoms with E-state index in [9.17, 15) is 4.79 Å². The Morgan fingerprint density at radius 1 is 1.00 bits per heavy atom. The Balaban J connectivity index is 1.32. The second-order valence-electron chi connectivity index (χ2n) is 7.16. The molecular formula is C23H28O6. The van der Waals surface area contributed by atoms with E-state index < -0.39 is 11.8 Å². The number of rotatable bonds is 9. The number of carbonyl (C=O) groups excluding carboxylic acids is 1. The van der Waals surface area contributed by atoms with Crippen molar-refractivity contribution >= 4 is 5.97 Å². The summed E-state index contributed by atoms with van der Waals surface area (Å²) in [5.74, 6) is 0.0740. The zero-order chi connectivity index (χ0) is 20.5. The van der Waals surface area contributed by atoms with Crippen molar-refractivity contribution in [2.75, 3.05) is 26.9 Å². The zero-order valence-electron chi connectivity index (χ0n) is 17.0. The van der Waals surface area contributed by atoms with Gasteiger partial charge in [-0.15, -0.1) is 0 Å². The van der Waals surface area contributed by atoms with Crippen molar-refractivity contribution in [1.29, 1.82) is 0 Å². The molecule has 0 aliphatic carbocycles. The van der Waals surface area contributed by atoms with E-state index in [-0.39, 0.29) is 5.92 Å². The Labute approximate surface area is 171 Å². The molecule has 0 radical (unpaired) electrons. The second-order valence-corrected chi connectivity index (χ2v) is 7.16. The lowest BCUT2D eigenvalue weighted by Gasteiger charge is -2.35. The molecule has 1 fully saturated rings. The maximum absolute atomic E-state index is 11.6. The fourth-order valence-corrected chi connectivity index (χ4v) is 3.05. The minimum absolute atomic E-state index is 0.241. The molecule has 0 bridgehead atoms. The molecule has 0 unspecified atom stereocenters. The van der Waals surface area contributed by atoms with Gasteiger partial charge >= 0.3 is 5.97 Å². The van der Waals surface area contributed by atoms with Crippen LogP contribution in [0.25, 0.3) is 0 Å². The van der Waals surface area contributed by atoms with Crippen LogP contribution in [0.2, 0.25) is 0 Å². The van der Waals surface area contributed by atoms with Gasteiger partial charge in [-0.3, -0.25) is 0 Å². The third-order valence-electron chi connectivity index (χ3n) is 4.84. The maximum Gasteiger partial charge on any atom is 0.366 e. The fourth-order valence-electron chi connectivity index (χ4n) is 3.05. The molecule has 156 valence electrons. The van der Waals surface area contributed by atoms with Crippen LogP contribution in [-0.2, 0) is 25.6 Å². The number of hydrogen-bond donors (Lipinski definition) is 0. The average molecular weight is 400 g/mol. The van der Waals surface area contributed by atoms with E-state index >= 15 is 0 Å². The van der Waals surface area contributed by atoms with E-state index in [0.717, 1.165) is 29.9 Å². The number of esters is 1. The molecule has 0 aromatic heterocycles. The lowest BCUT2D eigenvalue weighted by Crippen LogP contribution is -2.48. The highest BCUT2D eigenvalue weighted by molar-refractivity contribution is 5.77. The van der Waals surface area contributed by atoms with Gasteiger partial charge in [0, 0.05) is 12.8 Å². The van der Waals surface area contributed by atoms with Gasteiger partial charge in [-0.2, -0.15) is 0 Å². The summed E-state index contributed by atoms with van der Waals surface area (Å²) in [4.78, 5) is 11.6. The molecule has 6 heteroatoms. The summed E-state index contributed by atoms with van der Waals surface area (Å²) in [7, 11) is 1.33. The summed E-state index contributed by atoms with van der Waals surface area (Å²) in [6.45, 7) is 3.68. The van der Waals surface area contributed by atoms with Crippen LogP contribution in [0, 0.1) is 5.92 Å². The largest absolute Gasteiger partial charge is 0.494 e. The van der Waals surface area contributed by atoms with Gasteiger partial charge in [-0.1, -0.05) is 30.3 Å². The van der Waals surface area contributed by atoms with Gasteiger partial charge in [0.1, 0.15) is 18.1 Å². The molecule has 0 spiro atoms. The molecule has 0 saturated carbocycles. The third kappa shape index (κ3) is 6.21. The summed E-state index contributed by atoms with van der Waals surface area (Å²) in [5, 5.41) is 0. The van der Waals surface area contributed by atoms with Gasteiger partial charge in [-0.05, 0) is 42.7 Å². The standard InChI is InChI=1S/C23H28O6/c1-23(22(24)25-2)28-16-19(17-29-23)9-6-14-26-20-10-12-21(13-11-20)27-15-18-7-4-3-5-8-18/h3-5,7-8,10-13,19H,6,9,14-17H2,1-2H3. The van der Waals surface area contributed by atoms with E-state index in [1.807, 2.05) is 54.6 Å². The van der Waals surface area contributed by atoms with Crippen molar-refractivity contribution in [3.05, 3.63) is 60.2 Å². The first-order chi connectivity index (χ1) is 14.1. The number of benzene rings is 2. The molecule has 1 heterocycles. The zero-order valence-corrected chi connectivity index (χ0v) is 17.0. The van der Waals surface area contributed by atoms with Gasteiger partial charge in [-0.25, -0.2) is 4.79 Å². The maximum atomic E-state index is 11.6. The number of hydrogen-bond acceptors (Lipinski definition) is 6. The third-order valence-corrected chi connectivity index (χ3v) is 4.84. The molecule has 0 amide bonds. The van der Waals surface area contributed by atoms with Crippen molar-refractivity contribution in [3.8, 4) is 11.5 Å². The molecule has 2 aromatic rings. The first-order valence-corrected chi connectivity index (χ1v) is 9.85. The quantitative estimate of drug-likeness (QED) is 0.469. The Morgan fingerprint density at radius 3 is 2.24 bits per heavy atom. The van der Waals surface area contributed by atoms with Gasteiger partial charge in [0.2, 0.25) is 0 Å². The Bertz CT molecular complexity index is 751. The summed E-state index contributed by atoms with van der Waals surface area (Å²) >= 11 is 0. The van der Waals surface area contributed by atoms with Crippen LogP contribution < -0.4 is 9.47 Å². The predicted molar refractivity (Wildman–Crippen MR) is 108 cm³/mol. The van der Waals surface area contributed by atoms with Crippen LogP contribution in [0.1, 0.15) is 25.3 Å². The monoisotopic (exact) mass is 400 g/mol. The SMILES string of the molecule is COC(=O)C1(C)OCC(CCCOc2ccc(OCc3ccccc3)cc2)CO1. The molecule has 3 rings (SSSR count). The molecule has 0 atom stereocenters. The second kappa shape index (κ2) is 10.3. The summed E-state index contributed by atoms with van der Waals surface area (Å²) in [6, 6.07) is 17.7. The highest BCUT2D eigenvalue weighted by Crippen LogP contribution is 2.25. The minimum Gasteiger partial charge on any atom is -0.494 e. The van der Waals surface area contributed by atoms with Crippen molar-refractivity contribution < 1.29 is 28.5 Å². The number of ether oxygens (including phenoxy) is 5. The van der Waals surface area contributed by atoms with Gasteiger partial charge in [0.25, 0.3) is 5.79 Å². The normalized spacial score (nSPS) is 21.4. The number of carbonyl (C=O) groups is 1. The molecule has 1 saturated heterocycles. The summed E-state index contributed by atoms with van der Waals surface area (Å²) < 4.78 is 27.4. The van der Waals surface area contributed by atoms with Crippen molar-refractivity contribution in [3.63, 3.8) is 0 Å². The molecule has 2 aromatic carbocycles. The van der Waals surface area contributed by atoms with Gasteiger partial charge < -0.3 is 23.7 Å². The highest BCUT2D eigenvalue weighted by Gasteiger charge is 2.41. The van der Waals surface area contributed by atoms with E-state index in [0.29, 0.717) is 26.4 Å². The molecular weight excluding hydrogens is 372 g/mol. The predicted octanol–water partition coefficient (Wildman–Crippen LogP) is 3.98. The molecule has 1 aliphatic rings. The Kier molecular flexibility index (Phi) is 7.49. The first-order valence-electron chi connectivity index (χ1n) is 9.85. The lowest BCUT2D eigenvalue weighted by molar-refractivity contribution is -0.272. The van der Waals surface area contributed by atoms with Gasteiger partial charge in [0.05, 0.1) is 26.9 Å². The summed E-state index contributed by atoms with van der Waals surface area (Å²) in [6.07, 6.45) is 1.77. The Hall–Kier alpha value is -2.57. The van der Waals surface area contributed by atoms with Crippen molar-refractivity contribution in [2.45, 2.75) is 32.2 Å². The van der Waals surface area contributed by atoms with E-state index in [1.165, 1.54) is 7.11 Å². The van der Waals surface area contributed by atoms with Crippen LogP contribution >= 0.6 is 0 Å². The minimum atomic E-state index is -1.29. The topological polar surface area (TPSA) is 63.2 Å². The van der Waals surface area contributed by atoms with Gasteiger partial charge in [0.15, 0.2) is 0 Å². The van der Waals surface area contributed by atoms with Crippen molar-refractivity contribution in [1.82, 2.24) is 0 Å². The van der Waals surface area contributed by atoms with Crippen LogP contribution in [0.4, 0.5) is 0 Å². The average Bonchev–Trinajstić information content (AvgIpc) is 2.77. The fraction of sp³-hybridized carbons (Fsp3) is 0.435. The molecule has 1 aliphatic heterocycles. The van der Waals surface area contributed by atoms with E-state index in [4.69, 9.17) is 23.7 Å². The van der Waals surface area contributed by atoms with Crippen LogP contribution in [-0.4, -0.2) is 38.7 Å². The number of methoxy groups -OCH3 is 1. The lowest BCUT2D eigenvalue weighted by atomic mass is 10.0. The van der Waals surface area contributed by atoms with E-state index in [2.05, 4.69) is 0 Å². The van der Waals surface area contributed by atoms with Crippen LogP contribution in [0.15, 0.2) is 54.6 Å². The highest BCUT2D eigenvalue weighted by atomic mass is 16.7. The summed E-state index contributed by atoms with van der Waals surface area (Å²) in [5.41, 5.74) is 1.13. The molecule has 29 heavy (non-hydrogen) atoms. The first kappa shape index (κ1) is 21.1. The van der Waals surface area contributed by atoms with Crippen LogP contribution in [0.5, 0.6) is 11.5 Å². The smallest absolute Gasteiger partial charge is 0.366 e. The van der Waals surface area contributed by atoms with E-state index in [1.54, 1.807) is 6.92 Å². The Morgan fingerprint density at radius 2 is 1.62 bits per heavy atom. The molecule has 6 nitrogen and oxygen atoms in total. The van der Waals surface area contributed by atoms with Crippen LogP contribution in [0.3, 0.4) is 0 Å².